The molecule has 0 fully saturated rings. The summed E-state index contributed by atoms with van der Waals surface area (Å²) in [5.41, 5.74) is 1.34. The Labute approximate surface area is 178 Å². The third-order valence-corrected chi connectivity index (χ3v) is 5.13. The van der Waals surface area contributed by atoms with E-state index in [2.05, 4.69) is 0 Å². The number of nitro benzene ring substituents is 1. The van der Waals surface area contributed by atoms with Crippen LogP contribution >= 0.6 is 0 Å². The number of nitro groups is 1. The van der Waals surface area contributed by atoms with Crippen LogP contribution in [0.4, 0.5) is 11.4 Å². The normalized spacial score (nSPS) is 12.8. The molecule has 1 aliphatic heterocycles. The molecule has 0 N–H and O–H groups in total. The number of aryl methyl sites for hydroxylation is 1. The number of amides is 1. The zero-order chi connectivity index (χ0) is 21.8. The Kier molecular flexibility index (Phi) is 5.79. The zero-order valence-corrected chi connectivity index (χ0v) is 16.7. The average molecular weight is 420 g/mol. The molecule has 0 aliphatic carbocycles. The van der Waals surface area contributed by atoms with Gasteiger partial charge >= 0.3 is 5.97 Å². The second-order valence-corrected chi connectivity index (χ2v) is 7.18. The summed E-state index contributed by atoms with van der Waals surface area (Å²) in [6, 6.07) is 17.7. The fourth-order valence-electron chi connectivity index (χ4n) is 3.62. The van der Waals surface area contributed by atoms with Gasteiger partial charge in [-0.1, -0.05) is 30.3 Å². The summed E-state index contributed by atoms with van der Waals surface area (Å²) < 4.78 is 10.6. The van der Waals surface area contributed by atoms with Crippen LogP contribution in [-0.2, 0) is 20.7 Å². The van der Waals surface area contributed by atoms with Crippen LogP contribution in [0.25, 0.3) is 10.8 Å². The number of nitrogens with zero attached hydrogens (tertiary/aromatic N) is 2. The highest BCUT2D eigenvalue weighted by atomic mass is 16.6. The highest BCUT2D eigenvalue weighted by Crippen LogP contribution is 2.30. The number of hydrogen-bond donors (Lipinski definition) is 0. The number of ether oxygens (including phenoxy) is 2. The first kappa shape index (κ1) is 20.3. The number of anilines is 1. The Morgan fingerprint density at radius 1 is 1.00 bits per heavy atom. The van der Waals surface area contributed by atoms with Gasteiger partial charge in [-0.05, 0) is 47.4 Å². The van der Waals surface area contributed by atoms with Crippen LogP contribution in [0, 0.1) is 10.1 Å². The van der Waals surface area contributed by atoms with E-state index in [0.717, 1.165) is 16.3 Å². The molecule has 158 valence electrons. The van der Waals surface area contributed by atoms with Crippen LogP contribution in [0.5, 0.6) is 5.75 Å². The van der Waals surface area contributed by atoms with E-state index in [-0.39, 0.29) is 18.2 Å². The molecular weight excluding hydrogens is 400 g/mol. The Hall–Kier alpha value is -3.94. The molecule has 0 saturated heterocycles. The Morgan fingerprint density at radius 2 is 1.81 bits per heavy atom. The van der Waals surface area contributed by atoms with Gasteiger partial charge in [-0.3, -0.25) is 14.9 Å². The van der Waals surface area contributed by atoms with E-state index in [1.807, 2.05) is 36.4 Å². The maximum Gasteiger partial charge on any atom is 0.344 e. The van der Waals surface area contributed by atoms with E-state index < -0.39 is 17.5 Å². The van der Waals surface area contributed by atoms with E-state index >= 15 is 0 Å². The molecule has 3 aromatic carbocycles. The van der Waals surface area contributed by atoms with Crippen molar-refractivity contribution in [1.82, 2.24) is 0 Å². The van der Waals surface area contributed by atoms with Crippen LogP contribution in [-0.4, -0.2) is 36.6 Å². The van der Waals surface area contributed by atoms with Crippen LogP contribution in [0.3, 0.4) is 0 Å². The molecule has 0 saturated carbocycles. The summed E-state index contributed by atoms with van der Waals surface area (Å²) in [6.07, 6.45) is 1.33. The Bertz CT molecular complexity index is 1160. The molecule has 8 nitrogen and oxygen atoms in total. The first-order valence-electron chi connectivity index (χ1n) is 9.86. The molecule has 1 heterocycles. The number of fused-ring (bicyclic) bond motifs is 2. The van der Waals surface area contributed by atoms with Crippen molar-refractivity contribution in [3.05, 3.63) is 76.3 Å². The first-order chi connectivity index (χ1) is 15.0. The third-order valence-electron chi connectivity index (χ3n) is 5.13. The van der Waals surface area contributed by atoms with Crippen LogP contribution in [0.15, 0.2) is 60.7 Å². The quantitative estimate of drug-likeness (QED) is 0.343. The van der Waals surface area contributed by atoms with Crippen molar-refractivity contribution in [2.24, 2.45) is 0 Å². The first-order valence-corrected chi connectivity index (χ1v) is 9.86. The van der Waals surface area contributed by atoms with Gasteiger partial charge < -0.3 is 14.4 Å². The van der Waals surface area contributed by atoms with Crippen molar-refractivity contribution in [3.8, 4) is 5.75 Å². The molecular formula is C23H20N2O6. The van der Waals surface area contributed by atoms with Crippen LogP contribution in [0.2, 0.25) is 0 Å². The molecule has 8 heteroatoms. The molecule has 1 amide bonds. The van der Waals surface area contributed by atoms with E-state index in [1.165, 1.54) is 17.0 Å². The lowest BCUT2D eigenvalue weighted by Gasteiger charge is -2.29. The molecule has 0 spiro atoms. The monoisotopic (exact) mass is 420 g/mol. The van der Waals surface area contributed by atoms with Gasteiger partial charge in [-0.15, -0.1) is 0 Å². The molecule has 31 heavy (non-hydrogen) atoms. The number of rotatable bonds is 6. The SMILES string of the molecule is O=C(COc1ccc2ccccc2c1)OCC(=O)N1CCCc2cc([N+](=O)[O-])ccc21. The minimum Gasteiger partial charge on any atom is -0.482 e. The predicted octanol–water partition coefficient (Wildman–Crippen LogP) is 3.65. The van der Waals surface area contributed by atoms with E-state index in [4.69, 9.17) is 9.47 Å². The summed E-state index contributed by atoms with van der Waals surface area (Å²) >= 11 is 0. The summed E-state index contributed by atoms with van der Waals surface area (Å²) in [5.74, 6) is -0.496. The van der Waals surface area contributed by atoms with Gasteiger partial charge in [0.2, 0.25) is 0 Å². The predicted molar refractivity (Wildman–Crippen MR) is 114 cm³/mol. The average Bonchev–Trinajstić information content (AvgIpc) is 2.80. The summed E-state index contributed by atoms with van der Waals surface area (Å²) in [6.45, 7) is -0.264. The van der Waals surface area contributed by atoms with Crippen molar-refractivity contribution < 1.29 is 24.0 Å². The van der Waals surface area contributed by atoms with Crippen molar-refractivity contribution in [3.63, 3.8) is 0 Å². The van der Waals surface area contributed by atoms with Crippen LogP contribution in [0.1, 0.15) is 12.0 Å². The second kappa shape index (κ2) is 8.83. The fraction of sp³-hybridized carbons (Fsp3) is 0.217. The smallest absolute Gasteiger partial charge is 0.344 e. The summed E-state index contributed by atoms with van der Waals surface area (Å²) in [4.78, 5) is 36.6. The number of carbonyl (C=O) groups is 2. The van der Waals surface area contributed by atoms with E-state index in [1.54, 1.807) is 12.1 Å². The van der Waals surface area contributed by atoms with E-state index in [0.29, 0.717) is 30.8 Å². The molecule has 0 bridgehead atoms. The highest BCUT2D eigenvalue weighted by molar-refractivity contribution is 5.96. The topological polar surface area (TPSA) is 99.0 Å². The van der Waals surface area contributed by atoms with Crippen molar-refractivity contribution in [2.45, 2.75) is 12.8 Å². The number of esters is 1. The lowest BCUT2D eigenvalue weighted by molar-refractivity contribution is -0.384. The van der Waals surface area contributed by atoms with Gasteiger partial charge in [0.1, 0.15) is 5.75 Å². The molecule has 0 aromatic heterocycles. The minimum atomic E-state index is -0.651. The fourth-order valence-corrected chi connectivity index (χ4v) is 3.62. The molecule has 3 aromatic rings. The number of hydrogen-bond acceptors (Lipinski definition) is 6. The van der Waals surface area contributed by atoms with E-state index in [9.17, 15) is 19.7 Å². The lowest BCUT2D eigenvalue weighted by atomic mass is 10.0. The molecule has 0 atom stereocenters. The standard InChI is InChI=1S/C23H20N2O6/c26-22(24-11-3-6-18-12-19(25(28)29)8-10-21(18)24)14-31-23(27)15-30-20-9-7-16-4-1-2-5-17(16)13-20/h1-2,4-5,7-10,12-13H,3,6,11,14-15H2. The Balaban J connectivity index is 1.32. The number of carbonyl (C=O) groups excluding carboxylic acids is 2. The Morgan fingerprint density at radius 3 is 2.61 bits per heavy atom. The summed E-state index contributed by atoms with van der Waals surface area (Å²) in [7, 11) is 0. The van der Waals surface area contributed by atoms with Gasteiger partial charge in [0.05, 0.1) is 4.92 Å². The second-order valence-electron chi connectivity index (χ2n) is 7.18. The minimum absolute atomic E-state index is 0.00897. The molecule has 1 aliphatic rings. The largest absolute Gasteiger partial charge is 0.482 e. The summed E-state index contributed by atoms with van der Waals surface area (Å²) in [5, 5.41) is 13.0. The van der Waals surface area contributed by atoms with Crippen molar-refractivity contribution >= 4 is 34.0 Å². The van der Waals surface area contributed by atoms with Crippen molar-refractivity contribution in [1.29, 1.82) is 0 Å². The lowest BCUT2D eigenvalue weighted by Crippen LogP contribution is -2.38. The molecule has 0 unspecified atom stereocenters. The maximum atomic E-state index is 12.6. The van der Waals surface area contributed by atoms with Gasteiger partial charge in [-0.25, -0.2) is 4.79 Å². The van der Waals surface area contributed by atoms with Crippen molar-refractivity contribution in [2.75, 3.05) is 24.7 Å². The van der Waals surface area contributed by atoms with Gasteiger partial charge in [0.25, 0.3) is 11.6 Å². The van der Waals surface area contributed by atoms with Crippen LogP contribution < -0.4 is 9.64 Å². The van der Waals surface area contributed by atoms with Gasteiger partial charge in [0.15, 0.2) is 13.2 Å². The zero-order valence-electron chi connectivity index (χ0n) is 16.7. The van der Waals surface area contributed by atoms with Gasteiger partial charge in [-0.2, -0.15) is 0 Å². The van der Waals surface area contributed by atoms with Gasteiger partial charge in [0, 0.05) is 24.4 Å². The number of non-ortho nitro benzene ring substituents is 1. The number of benzene rings is 3. The third kappa shape index (κ3) is 4.63. The molecule has 4 rings (SSSR count). The highest BCUT2D eigenvalue weighted by Gasteiger charge is 2.25. The maximum absolute atomic E-state index is 12.6. The molecule has 0 radical (unpaired) electrons.